The fourth-order valence-electron chi connectivity index (χ4n) is 2.03. The van der Waals surface area contributed by atoms with Crippen molar-refractivity contribution in [2.45, 2.75) is 24.9 Å². The van der Waals surface area contributed by atoms with Crippen LogP contribution in [0.1, 0.15) is 12.8 Å². The average molecular weight is 261 g/mol. The highest BCUT2D eigenvalue weighted by Crippen LogP contribution is 2.50. The first-order chi connectivity index (χ1) is 7.50. The molecule has 1 heterocycles. The number of carboxylic acid groups (broad SMARTS) is 1. The molecule has 0 aromatic heterocycles. The first-order valence-corrected chi connectivity index (χ1v) is 4.87. The van der Waals surface area contributed by atoms with E-state index in [2.05, 4.69) is 0 Å². The molecule has 1 fully saturated rings. The van der Waals surface area contributed by atoms with Crippen LogP contribution in [0.2, 0.25) is 0 Å². The van der Waals surface area contributed by atoms with Crippen molar-refractivity contribution in [1.29, 1.82) is 0 Å². The first-order valence-electron chi connectivity index (χ1n) is 4.87. The molecule has 1 aliphatic heterocycles. The molecule has 3 nitrogen and oxygen atoms in total. The van der Waals surface area contributed by atoms with Gasteiger partial charge in [0, 0.05) is 0 Å². The average Bonchev–Trinajstić information content (AvgIpc) is 2.06. The van der Waals surface area contributed by atoms with Gasteiger partial charge in [0.2, 0.25) is 0 Å². The summed E-state index contributed by atoms with van der Waals surface area (Å²) in [5.41, 5.74) is -3.04. The van der Waals surface area contributed by atoms with Crippen molar-refractivity contribution in [3.8, 4) is 0 Å². The predicted octanol–water partition coefficient (Wildman–Crippen LogP) is 1.98. The summed E-state index contributed by atoms with van der Waals surface area (Å²) in [6.07, 6.45) is -7.65. The molecule has 0 amide bonds. The van der Waals surface area contributed by atoms with Gasteiger partial charge in [0.25, 0.3) is 5.92 Å². The highest BCUT2D eigenvalue weighted by Gasteiger charge is 2.65. The van der Waals surface area contributed by atoms with Gasteiger partial charge >= 0.3 is 12.1 Å². The lowest BCUT2D eigenvalue weighted by Crippen LogP contribution is -2.59. The third kappa shape index (κ3) is 2.67. The van der Waals surface area contributed by atoms with Crippen LogP contribution in [0.4, 0.5) is 22.0 Å². The number of piperidine rings is 1. The third-order valence-corrected chi connectivity index (χ3v) is 3.00. The molecule has 17 heavy (non-hydrogen) atoms. The lowest BCUT2D eigenvalue weighted by molar-refractivity contribution is -0.236. The van der Waals surface area contributed by atoms with E-state index in [0.717, 1.165) is 4.90 Å². The highest BCUT2D eigenvalue weighted by molar-refractivity contribution is 5.76. The van der Waals surface area contributed by atoms with E-state index >= 15 is 0 Å². The molecule has 0 aromatic rings. The number of likely N-dealkylation sites (tertiary alicyclic amines) is 1. The van der Waals surface area contributed by atoms with Crippen molar-refractivity contribution in [2.75, 3.05) is 20.1 Å². The summed E-state index contributed by atoms with van der Waals surface area (Å²) in [6.45, 7) is -1.08. The van der Waals surface area contributed by atoms with Crippen LogP contribution < -0.4 is 0 Å². The summed E-state index contributed by atoms with van der Waals surface area (Å²) in [4.78, 5) is 12.0. The zero-order valence-electron chi connectivity index (χ0n) is 9.02. The Labute approximate surface area is 94.2 Å². The molecule has 1 aliphatic rings. The molecule has 8 heteroatoms. The van der Waals surface area contributed by atoms with Gasteiger partial charge < -0.3 is 10.0 Å². The van der Waals surface area contributed by atoms with Crippen LogP contribution in [0.15, 0.2) is 0 Å². The van der Waals surface area contributed by atoms with Crippen LogP contribution in [-0.2, 0) is 4.79 Å². The second-order valence-corrected chi connectivity index (χ2v) is 4.37. The van der Waals surface area contributed by atoms with E-state index in [9.17, 15) is 26.7 Å². The minimum absolute atomic E-state index is 0.0992. The second-order valence-electron chi connectivity index (χ2n) is 4.37. The Morgan fingerprint density at radius 2 is 1.94 bits per heavy atom. The largest absolute Gasteiger partial charge is 0.481 e. The zero-order valence-corrected chi connectivity index (χ0v) is 9.02. The Hall–Kier alpha value is -0.920. The number of carbonyl (C=O) groups is 1. The van der Waals surface area contributed by atoms with E-state index in [1.165, 1.54) is 7.05 Å². The van der Waals surface area contributed by atoms with Gasteiger partial charge in [-0.05, 0) is 20.0 Å². The predicted molar refractivity (Wildman–Crippen MR) is 47.8 cm³/mol. The summed E-state index contributed by atoms with van der Waals surface area (Å²) in [5, 5.41) is 8.78. The Morgan fingerprint density at radius 1 is 1.41 bits per heavy atom. The number of nitrogens with zero attached hydrogens (tertiary/aromatic N) is 1. The van der Waals surface area contributed by atoms with Gasteiger partial charge in [-0.2, -0.15) is 13.2 Å². The molecule has 1 unspecified atom stereocenters. The number of halogens is 5. The highest BCUT2D eigenvalue weighted by atomic mass is 19.4. The molecule has 0 aliphatic carbocycles. The van der Waals surface area contributed by atoms with E-state index in [1.807, 2.05) is 0 Å². The molecule has 1 atom stereocenters. The minimum atomic E-state index is -4.93. The molecule has 0 radical (unpaired) electrons. The maximum atomic E-state index is 13.6. The Morgan fingerprint density at radius 3 is 2.29 bits per heavy atom. The fourth-order valence-corrected chi connectivity index (χ4v) is 2.03. The normalized spacial score (nSPS) is 30.2. The number of hydrogen-bond acceptors (Lipinski definition) is 2. The lowest BCUT2D eigenvalue weighted by atomic mass is 9.72. The van der Waals surface area contributed by atoms with Gasteiger partial charge in [0.15, 0.2) is 0 Å². The van der Waals surface area contributed by atoms with Gasteiger partial charge in [0.1, 0.15) is 5.41 Å². The third-order valence-electron chi connectivity index (χ3n) is 3.00. The zero-order chi connectivity index (χ0) is 13.5. The van der Waals surface area contributed by atoms with Crippen LogP contribution in [0.25, 0.3) is 0 Å². The van der Waals surface area contributed by atoms with Gasteiger partial charge in [-0.1, -0.05) is 0 Å². The van der Waals surface area contributed by atoms with Crippen molar-refractivity contribution in [3.05, 3.63) is 0 Å². The maximum Gasteiger partial charge on any atom is 0.390 e. The van der Waals surface area contributed by atoms with Crippen LogP contribution in [-0.4, -0.2) is 48.2 Å². The SMILES string of the molecule is CN1CCC(CC(F)(F)F)(C(=O)O)C(F)(F)C1. The molecule has 0 saturated carbocycles. The monoisotopic (exact) mass is 261 g/mol. The second kappa shape index (κ2) is 4.08. The molecule has 0 bridgehead atoms. The van der Waals surface area contributed by atoms with Gasteiger partial charge in [0.05, 0.1) is 13.0 Å². The van der Waals surface area contributed by atoms with Crippen LogP contribution in [0.3, 0.4) is 0 Å². The molecule has 1 N–H and O–H groups in total. The topological polar surface area (TPSA) is 40.5 Å². The molecule has 0 aromatic carbocycles. The van der Waals surface area contributed by atoms with Crippen molar-refractivity contribution < 1.29 is 31.9 Å². The number of alkyl halides is 5. The summed E-state index contributed by atoms with van der Waals surface area (Å²) in [6, 6.07) is 0. The van der Waals surface area contributed by atoms with Crippen molar-refractivity contribution in [3.63, 3.8) is 0 Å². The number of aliphatic carboxylic acids is 1. The van der Waals surface area contributed by atoms with E-state index in [4.69, 9.17) is 5.11 Å². The van der Waals surface area contributed by atoms with Gasteiger partial charge in [-0.3, -0.25) is 4.79 Å². The number of hydrogen-bond donors (Lipinski definition) is 1. The van der Waals surface area contributed by atoms with Gasteiger partial charge in [-0.25, -0.2) is 8.78 Å². The summed E-state index contributed by atoms with van der Waals surface area (Å²) in [7, 11) is 1.31. The van der Waals surface area contributed by atoms with E-state index < -0.39 is 42.9 Å². The quantitative estimate of drug-likeness (QED) is 0.773. The Balaban J connectivity index is 3.11. The van der Waals surface area contributed by atoms with Gasteiger partial charge in [-0.15, -0.1) is 0 Å². The Bertz CT molecular complexity index is 317. The van der Waals surface area contributed by atoms with Crippen molar-refractivity contribution in [1.82, 2.24) is 4.90 Å². The molecule has 100 valence electrons. The van der Waals surface area contributed by atoms with Crippen LogP contribution in [0.5, 0.6) is 0 Å². The smallest absolute Gasteiger partial charge is 0.390 e. The minimum Gasteiger partial charge on any atom is -0.481 e. The van der Waals surface area contributed by atoms with Crippen molar-refractivity contribution >= 4 is 5.97 Å². The molecule has 1 saturated heterocycles. The fraction of sp³-hybridized carbons (Fsp3) is 0.889. The maximum absolute atomic E-state index is 13.6. The van der Waals surface area contributed by atoms with E-state index in [1.54, 1.807) is 0 Å². The molecule has 0 spiro atoms. The molecular formula is C9H12F5NO2. The van der Waals surface area contributed by atoms with E-state index in [-0.39, 0.29) is 6.54 Å². The van der Waals surface area contributed by atoms with Crippen LogP contribution >= 0.6 is 0 Å². The summed E-state index contributed by atoms with van der Waals surface area (Å²) >= 11 is 0. The number of carboxylic acids is 1. The van der Waals surface area contributed by atoms with Crippen molar-refractivity contribution in [2.24, 2.45) is 5.41 Å². The number of rotatable bonds is 2. The molecule has 1 rings (SSSR count). The summed E-state index contributed by atoms with van der Waals surface area (Å²) < 4.78 is 64.1. The molecular weight excluding hydrogens is 249 g/mol. The first kappa shape index (κ1) is 14.1. The lowest BCUT2D eigenvalue weighted by Gasteiger charge is -2.43. The van der Waals surface area contributed by atoms with E-state index in [0.29, 0.717) is 0 Å². The standard InChI is InChI=1S/C9H12F5NO2/c1-15-3-2-7(6(16)17,4-9(12,13)14)8(10,11)5-15/h2-5H2,1H3,(H,16,17). The Kier molecular flexibility index (Phi) is 3.39. The summed E-state index contributed by atoms with van der Waals surface area (Å²) in [5.74, 6) is -5.99. The van der Waals surface area contributed by atoms with Crippen LogP contribution in [0, 0.1) is 5.41 Å².